The Morgan fingerprint density at radius 2 is 2.09 bits per heavy atom. The summed E-state index contributed by atoms with van der Waals surface area (Å²) in [4.78, 5) is 35.0. The number of primary amides is 1. The zero-order valence-electron chi connectivity index (χ0n) is 21.3. The third-order valence-electron chi connectivity index (χ3n) is 6.92. The number of nitrogens with one attached hydrogen (secondary N) is 1. The molecule has 2 amide bonds. The molecule has 9 heteroatoms. The average molecular weight is 476 g/mol. The lowest BCUT2D eigenvalue weighted by molar-refractivity contribution is -0.130. The number of nitrogens with zero attached hydrogens (tertiary/aromatic N) is 3. The van der Waals surface area contributed by atoms with E-state index in [4.69, 9.17) is 20.2 Å². The van der Waals surface area contributed by atoms with E-state index in [0.29, 0.717) is 45.0 Å². The van der Waals surface area contributed by atoms with Crippen molar-refractivity contribution >= 4 is 17.6 Å². The molecule has 2 aliphatic heterocycles. The lowest BCUT2D eigenvalue weighted by Crippen LogP contribution is -2.56. The van der Waals surface area contributed by atoms with Crippen LogP contribution in [0, 0.1) is 11.8 Å². The maximum Gasteiger partial charge on any atom is 0.289 e. The molecule has 1 saturated heterocycles. The van der Waals surface area contributed by atoms with Gasteiger partial charge in [-0.1, -0.05) is 26.0 Å². The molecule has 1 aliphatic carbocycles. The van der Waals surface area contributed by atoms with Gasteiger partial charge in [0.2, 0.25) is 5.91 Å². The van der Waals surface area contributed by atoms with Crippen molar-refractivity contribution in [1.29, 1.82) is 0 Å². The lowest BCUT2D eigenvalue weighted by atomic mass is 9.87. The number of ether oxygens (including phenoxy) is 2. The Kier molecular flexibility index (Phi) is 8.89. The van der Waals surface area contributed by atoms with Gasteiger partial charge in [-0.2, -0.15) is 0 Å². The Morgan fingerprint density at radius 3 is 2.74 bits per heavy atom. The number of piperidine rings is 1. The number of fused-ring (bicyclic) bond motifs is 1. The Bertz CT molecular complexity index is 839. The summed E-state index contributed by atoms with van der Waals surface area (Å²) in [6.07, 6.45) is 8.06. The molecule has 2 heterocycles. The summed E-state index contributed by atoms with van der Waals surface area (Å²) in [5.41, 5.74) is 5.91. The summed E-state index contributed by atoms with van der Waals surface area (Å²) in [7, 11) is 3.37. The fourth-order valence-corrected chi connectivity index (χ4v) is 5.14. The van der Waals surface area contributed by atoms with Gasteiger partial charge in [-0.15, -0.1) is 0 Å². The summed E-state index contributed by atoms with van der Waals surface area (Å²) in [6.45, 7) is 9.31. The number of nitrogens with two attached hydrogens (primary N) is 1. The van der Waals surface area contributed by atoms with Crippen LogP contribution in [0.5, 0.6) is 0 Å². The normalized spacial score (nSPS) is 28.5. The largest absolute Gasteiger partial charge is 0.385 e. The molecule has 0 aromatic rings. The van der Waals surface area contributed by atoms with Crippen LogP contribution in [0.25, 0.3) is 0 Å². The van der Waals surface area contributed by atoms with Crippen LogP contribution in [0.1, 0.15) is 40.0 Å². The minimum atomic E-state index is -0.667. The lowest BCUT2D eigenvalue weighted by Gasteiger charge is -2.39. The molecule has 4 atom stereocenters. The van der Waals surface area contributed by atoms with Gasteiger partial charge >= 0.3 is 0 Å². The molecule has 34 heavy (non-hydrogen) atoms. The molecule has 9 nitrogen and oxygen atoms in total. The molecule has 0 spiro atoms. The minimum Gasteiger partial charge on any atom is -0.385 e. The Balaban J connectivity index is 1.93. The average Bonchev–Trinajstić information content (AvgIpc) is 3.12. The van der Waals surface area contributed by atoms with Gasteiger partial charge in [0, 0.05) is 53.0 Å². The number of carbonyl (C=O) groups excluding carboxylic acids is 2. The predicted molar refractivity (Wildman–Crippen MR) is 132 cm³/mol. The topological polar surface area (TPSA) is 109 Å². The van der Waals surface area contributed by atoms with E-state index in [9.17, 15) is 9.59 Å². The van der Waals surface area contributed by atoms with E-state index in [0.717, 1.165) is 18.5 Å². The second-order valence-electron chi connectivity index (χ2n) is 10.0. The summed E-state index contributed by atoms with van der Waals surface area (Å²) < 4.78 is 11.0. The van der Waals surface area contributed by atoms with E-state index < -0.39 is 5.54 Å². The number of rotatable bonds is 11. The third kappa shape index (κ3) is 5.53. The van der Waals surface area contributed by atoms with E-state index >= 15 is 0 Å². The molecule has 0 aromatic carbocycles. The second kappa shape index (κ2) is 11.5. The number of hydrogen-bond donors (Lipinski definition) is 2. The zero-order valence-corrected chi connectivity index (χ0v) is 21.3. The van der Waals surface area contributed by atoms with Gasteiger partial charge in [-0.25, -0.2) is 4.99 Å². The van der Waals surface area contributed by atoms with Crippen molar-refractivity contribution in [2.24, 2.45) is 22.6 Å². The molecule has 0 bridgehead atoms. The number of unbranched alkanes of at least 4 members (excludes halogenated alkanes) is 1. The van der Waals surface area contributed by atoms with Crippen LogP contribution >= 0.6 is 0 Å². The molecule has 3 aliphatic rings. The first-order chi connectivity index (χ1) is 16.2. The van der Waals surface area contributed by atoms with Crippen LogP contribution in [-0.2, 0) is 19.1 Å². The fourth-order valence-electron chi connectivity index (χ4n) is 5.14. The standard InChI is InChI=1S/C25H41N5O4/c1-17(2)16-30(19-13-18(22(26)31)14-27-15-19)24(32)23-28-25(3)20(9-8-10-21(25)34-5)29(23)11-6-7-12-33-4/h8-10,17-19,21,27H,6-7,11-16H2,1-5H3,(H2,26,31). The highest BCUT2D eigenvalue weighted by Gasteiger charge is 2.49. The van der Waals surface area contributed by atoms with E-state index in [1.54, 1.807) is 14.2 Å². The van der Waals surface area contributed by atoms with Crippen molar-refractivity contribution in [2.75, 3.05) is 47.0 Å². The SMILES string of the molecule is COCCCCN1C2=CC=CC(OC)C2(C)N=C1C(=O)N(CC(C)C)C1CNCC(C(N)=O)C1. The van der Waals surface area contributed by atoms with E-state index in [1.165, 1.54) is 0 Å². The van der Waals surface area contributed by atoms with Crippen molar-refractivity contribution in [3.8, 4) is 0 Å². The molecule has 0 radical (unpaired) electrons. The minimum absolute atomic E-state index is 0.108. The molecule has 190 valence electrons. The van der Waals surface area contributed by atoms with Gasteiger partial charge in [0.15, 0.2) is 5.84 Å². The molecule has 0 aromatic heterocycles. The maximum absolute atomic E-state index is 14.1. The molecule has 1 fully saturated rings. The number of amides is 2. The van der Waals surface area contributed by atoms with Crippen LogP contribution in [0.3, 0.4) is 0 Å². The summed E-state index contributed by atoms with van der Waals surface area (Å²) in [5, 5.41) is 3.30. The second-order valence-corrected chi connectivity index (χ2v) is 10.0. The smallest absolute Gasteiger partial charge is 0.289 e. The number of hydrogen-bond acceptors (Lipinski definition) is 7. The van der Waals surface area contributed by atoms with Crippen molar-refractivity contribution in [3.63, 3.8) is 0 Å². The number of methoxy groups -OCH3 is 2. The zero-order chi connectivity index (χ0) is 24.9. The van der Waals surface area contributed by atoms with Gasteiger partial charge in [0.25, 0.3) is 5.91 Å². The van der Waals surface area contributed by atoms with Gasteiger partial charge in [0.05, 0.1) is 11.6 Å². The molecule has 3 rings (SSSR count). The van der Waals surface area contributed by atoms with Crippen molar-refractivity contribution in [3.05, 3.63) is 23.9 Å². The molecule has 3 N–H and O–H groups in total. The van der Waals surface area contributed by atoms with Crippen LogP contribution in [0.2, 0.25) is 0 Å². The molecule has 4 unspecified atom stereocenters. The number of carbonyl (C=O) groups is 2. The highest BCUT2D eigenvalue weighted by atomic mass is 16.5. The number of aliphatic imine (C=N–C) groups is 1. The van der Waals surface area contributed by atoms with Crippen LogP contribution < -0.4 is 11.1 Å². The van der Waals surface area contributed by atoms with E-state index in [1.807, 2.05) is 30.1 Å². The predicted octanol–water partition coefficient (Wildman–Crippen LogP) is 1.30. The Hall–Kier alpha value is -2.23. The van der Waals surface area contributed by atoms with E-state index in [2.05, 4.69) is 24.1 Å². The Morgan fingerprint density at radius 1 is 1.32 bits per heavy atom. The van der Waals surface area contributed by atoms with Gasteiger partial charge in [-0.05, 0) is 38.2 Å². The van der Waals surface area contributed by atoms with Crippen LogP contribution in [0.4, 0.5) is 0 Å². The summed E-state index contributed by atoms with van der Waals surface area (Å²) in [6, 6.07) is -0.125. The van der Waals surface area contributed by atoms with Crippen LogP contribution in [0.15, 0.2) is 28.9 Å². The molecular weight excluding hydrogens is 434 g/mol. The highest BCUT2D eigenvalue weighted by Crippen LogP contribution is 2.39. The van der Waals surface area contributed by atoms with Gasteiger partial charge < -0.3 is 30.3 Å². The highest BCUT2D eigenvalue weighted by molar-refractivity contribution is 6.39. The van der Waals surface area contributed by atoms with Crippen molar-refractivity contribution in [2.45, 2.75) is 57.7 Å². The maximum atomic E-state index is 14.1. The third-order valence-corrected chi connectivity index (χ3v) is 6.92. The van der Waals surface area contributed by atoms with Crippen molar-refractivity contribution < 1.29 is 19.1 Å². The number of allylic oxidation sites excluding steroid dienone is 2. The van der Waals surface area contributed by atoms with Crippen LogP contribution in [-0.4, -0.2) is 92.1 Å². The fraction of sp³-hybridized carbons (Fsp3) is 0.720. The van der Waals surface area contributed by atoms with Gasteiger partial charge in [0.1, 0.15) is 11.6 Å². The molecular formula is C25H41N5O4. The monoisotopic (exact) mass is 475 g/mol. The first-order valence-corrected chi connectivity index (χ1v) is 12.3. The van der Waals surface area contributed by atoms with Crippen molar-refractivity contribution in [1.82, 2.24) is 15.1 Å². The Labute approximate surface area is 203 Å². The molecule has 0 saturated carbocycles. The first-order valence-electron chi connectivity index (χ1n) is 12.3. The first kappa shape index (κ1) is 26.4. The summed E-state index contributed by atoms with van der Waals surface area (Å²) in [5.74, 6) is -0.0189. The number of amidine groups is 1. The van der Waals surface area contributed by atoms with E-state index in [-0.39, 0.29) is 35.8 Å². The summed E-state index contributed by atoms with van der Waals surface area (Å²) >= 11 is 0. The quantitative estimate of drug-likeness (QED) is 0.436. The van der Waals surface area contributed by atoms with Gasteiger partial charge in [-0.3, -0.25) is 9.59 Å².